The van der Waals surface area contributed by atoms with E-state index in [1.807, 2.05) is 6.92 Å². The smallest absolute Gasteiger partial charge is 0.205 e. The standard InChI is InChI=1S/C12H9F3N2O/c1-2-3-4-18-12-10(14)8(6-17)7(5-16)9(13)11(12)15/h2-4H2,1H3. The first-order chi connectivity index (χ1) is 8.58. The summed E-state index contributed by atoms with van der Waals surface area (Å²) in [6.45, 7) is 1.84. The summed E-state index contributed by atoms with van der Waals surface area (Å²) in [6, 6.07) is 2.59. The molecule has 0 aliphatic heterocycles. The molecular weight excluding hydrogens is 245 g/mol. The van der Waals surface area contributed by atoms with Crippen molar-refractivity contribution in [2.45, 2.75) is 19.8 Å². The minimum absolute atomic E-state index is 0.000544. The normalized spacial score (nSPS) is 9.67. The number of nitrogens with zero attached hydrogens (tertiary/aromatic N) is 2. The predicted molar refractivity (Wildman–Crippen MR) is 56.1 cm³/mol. The van der Waals surface area contributed by atoms with Crippen LogP contribution in [0.5, 0.6) is 5.75 Å². The largest absolute Gasteiger partial charge is 0.488 e. The fourth-order valence-corrected chi connectivity index (χ4v) is 1.29. The van der Waals surface area contributed by atoms with Crippen molar-refractivity contribution >= 4 is 0 Å². The Hall–Kier alpha value is -2.21. The van der Waals surface area contributed by atoms with Gasteiger partial charge in [0.1, 0.15) is 23.3 Å². The maximum atomic E-state index is 13.7. The molecule has 0 bridgehead atoms. The summed E-state index contributed by atoms with van der Waals surface area (Å²) in [5.74, 6) is -5.44. The van der Waals surface area contributed by atoms with Gasteiger partial charge in [0, 0.05) is 0 Å². The molecule has 0 heterocycles. The number of rotatable bonds is 4. The molecule has 3 nitrogen and oxygen atoms in total. The van der Waals surface area contributed by atoms with E-state index >= 15 is 0 Å². The van der Waals surface area contributed by atoms with Crippen molar-refractivity contribution in [2.75, 3.05) is 6.61 Å². The van der Waals surface area contributed by atoms with Gasteiger partial charge in [0.15, 0.2) is 17.4 Å². The maximum Gasteiger partial charge on any atom is 0.205 e. The highest BCUT2D eigenvalue weighted by atomic mass is 19.2. The van der Waals surface area contributed by atoms with Gasteiger partial charge in [-0.15, -0.1) is 0 Å². The zero-order chi connectivity index (χ0) is 13.7. The van der Waals surface area contributed by atoms with Gasteiger partial charge in [-0.25, -0.2) is 8.78 Å². The van der Waals surface area contributed by atoms with Crippen LogP contribution < -0.4 is 4.74 Å². The van der Waals surface area contributed by atoms with E-state index in [-0.39, 0.29) is 6.61 Å². The summed E-state index contributed by atoms with van der Waals surface area (Å²) >= 11 is 0. The highest BCUT2D eigenvalue weighted by Crippen LogP contribution is 2.30. The van der Waals surface area contributed by atoms with Crippen LogP contribution in [0.1, 0.15) is 30.9 Å². The summed E-state index contributed by atoms with van der Waals surface area (Å²) in [5, 5.41) is 17.2. The van der Waals surface area contributed by atoms with Crippen LogP contribution in [0.3, 0.4) is 0 Å². The first-order valence-corrected chi connectivity index (χ1v) is 5.21. The van der Waals surface area contributed by atoms with E-state index in [9.17, 15) is 13.2 Å². The summed E-state index contributed by atoms with van der Waals surface area (Å²) in [5.41, 5.74) is -1.79. The Morgan fingerprint density at radius 3 is 2.06 bits per heavy atom. The molecule has 0 spiro atoms. The molecule has 0 saturated carbocycles. The van der Waals surface area contributed by atoms with E-state index in [4.69, 9.17) is 15.3 Å². The topological polar surface area (TPSA) is 56.8 Å². The highest BCUT2D eigenvalue weighted by Gasteiger charge is 2.26. The van der Waals surface area contributed by atoms with Crippen molar-refractivity contribution in [2.24, 2.45) is 0 Å². The molecule has 1 aromatic carbocycles. The lowest BCUT2D eigenvalue weighted by atomic mass is 10.1. The number of unbranched alkanes of at least 4 members (excludes halogenated alkanes) is 1. The molecule has 1 rings (SSSR count). The molecule has 0 aliphatic rings. The van der Waals surface area contributed by atoms with Crippen LogP contribution >= 0.6 is 0 Å². The Bertz CT molecular complexity index is 544. The van der Waals surface area contributed by atoms with E-state index < -0.39 is 34.3 Å². The fraction of sp³-hybridized carbons (Fsp3) is 0.333. The van der Waals surface area contributed by atoms with Crippen molar-refractivity contribution in [3.8, 4) is 17.9 Å². The van der Waals surface area contributed by atoms with Gasteiger partial charge in [0.25, 0.3) is 0 Å². The van der Waals surface area contributed by atoms with Crippen LogP contribution in [0, 0.1) is 40.1 Å². The van der Waals surface area contributed by atoms with Crippen LogP contribution in [-0.4, -0.2) is 6.61 Å². The Kier molecular flexibility index (Phi) is 4.56. The lowest BCUT2D eigenvalue weighted by Crippen LogP contribution is -2.07. The summed E-state index contributed by atoms with van der Waals surface area (Å²) in [4.78, 5) is 0. The second-order valence-corrected chi connectivity index (χ2v) is 3.45. The minimum Gasteiger partial charge on any atom is -0.488 e. The van der Waals surface area contributed by atoms with Crippen molar-refractivity contribution < 1.29 is 17.9 Å². The van der Waals surface area contributed by atoms with Crippen molar-refractivity contribution in [3.05, 3.63) is 28.6 Å². The molecule has 0 saturated heterocycles. The van der Waals surface area contributed by atoms with Gasteiger partial charge >= 0.3 is 0 Å². The van der Waals surface area contributed by atoms with Gasteiger partial charge in [-0.3, -0.25) is 0 Å². The van der Waals surface area contributed by atoms with Crippen LogP contribution in [-0.2, 0) is 0 Å². The number of nitriles is 2. The Labute approximate surface area is 102 Å². The molecule has 94 valence electrons. The third-order valence-corrected chi connectivity index (χ3v) is 2.25. The van der Waals surface area contributed by atoms with Crippen LogP contribution in [0.15, 0.2) is 0 Å². The van der Waals surface area contributed by atoms with Crippen LogP contribution in [0.25, 0.3) is 0 Å². The summed E-state index contributed by atoms with van der Waals surface area (Å²) in [7, 11) is 0. The molecule has 0 atom stereocenters. The second-order valence-electron chi connectivity index (χ2n) is 3.45. The quantitative estimate of drug-likeness (QED) is 0.613. The van der Waals surface area contributed by atoms with Gasteiger partial charge < -0.3 is 4.74 Å². The number of hydrogen-bond donors (Lipinski definition) is 0. The van der Waals surface area contributed by atoms with Crippen molar-refractivity contribution in [1.29, 1.82) is 10.5 Å². The van der Waals surface area contributed by atoms with E-state index in [1.165, 1.54) is 12.1 Å². The van der Waals surface area contributed by atoms with E-state index in [0.29, 0.717) is 6.42 Å². The molecule has 18 heavy (non-hydrogen) atoms. The minimum atomic E-state index is -1.58. The zero-order valence-corrected chi connectivity index (χ0v) is 9.56. The summed E-state index contributed by atoms with van der Waals surface area (Å²) < 4.78 is 45.3. The Morgan fingerprint density at radius 2 is 1.56 bits per heavy atom. The van der Waals surface area contributed by atoms with Gasteiger partial charge in [-0.2, -0.15) is 14.9 Å². The first-order valence-electron chi connectivity index (χ1n) is 5.21. The fourth-order valence-electron chi connectivity index (χ4n) is 1.29. The predicted octanol–water partition coefficient (Wildman–Crippen LogP) is 3.03. The lowest BCUT2D eigenvalue weighted by molar-refractivity contribution is 0.272. The molecular formula is C12H9F3N2O. The number of ether oxygens (including phenoxy) is 1. The second kappa shape index (κ2) is 5.92. The average molecular weight is 254 g/mol. The van der Waals surface area contributed by atoms with Crippen molar-refractivity contribution in [3.63, 3.8) is 0 Å². The molecule has 0 amide bonds. The van der Waals surface area contributed by atoms with Crippen LogP contribution in [0.2, 0.25) is 0 Å². The number of hydrogen-bond acceptors (Lipinski definition) is 3. The van der Waals surface area contributed by atoms with E-state index in [1.54, 1.807) is 0 Å². The number of halogens is 3. The van der Waals surface area contributed by atoms with E-state index in [2.05, 4.69) is 0 Å². The molecule has 0 N–H and O–H groups in total. The molecule has 0 aromatic heterocycles. The average Bonchev–Trinajstić information content (AvgIpc) is 2.37. The third-order valence-electron chi connectivity index (χ3n) is 2.25. The molecule has 0 aliphatic carbocycles. The molecule has 0 radical (unpaired) electrons. The zero-order valence-electron chi connectivity index (χ0n) is 9.56. The number of benzene rings is 1. The third kappa shape index (κ3) is 2.38. The van der Waals surface area contributed by atoms with Gasteiger partial charge in [0.05, 0.1) is 6.61 Å². The lowest BCUT2D eigenvalue weighted by Gasteiger charge is -2.10. The first kappa shape index (κ1) is 13.9. The van der Waals surface area contributed by atoms with Gasteiger partial charge in [-0.1, -0.05) is 13.3 Å². The van der Waals surface area contributed by atoms with Gasteiger partial charge in [-0.05, 0) is 6.42 Å². The Balaban J connectivity index is 3.33. The maximum absolute atomic E-state index is 13.7. The molecule has 0 fully saturated rings. The van der Waals surface area contributed by atoms with Gasteiger partial charge in [0.2, 0.25) is 5.82 Å². The molecule has 6 heteroatoms. The van der Waals surface area contributed by atoms with Crippen molar-refractivity contribution in [1.82, 2.24) is 0 Å². The van der Waals surface area contributed by atoms with Crippen LogP contribution in [0.4, 0.5) is 13.2 Å². The molecule has 1 aromatic rings. The monoisotopic (exact) mass is 254 g/mol. The SMILES string of the molecule is CCCCOc1c(F)c(F)c(C#N)c(C#N)c1F. The Morgan fingerprint density at radius 1 is 1.00 bits per heavy atom. The molecule has 0 unspecified atom stereocenters. The summed E-state index contributed by atoms with van der Waals surface area (Å²) in [6.07, 6.45) is 1.26. The highest BCUT2D eigenvalue weighted by molar-refractivity contribution is 5.52. The van der Waals surface area contributed by atoms with E-state index in [0.717, 1.165) is 6.42 Å².